The standard InChI is InChI=1S/C16H13F6N5O2.C15H10ClF6N5O.C13H13F4N5O.C4Cl2F4O3.3CH4/c1-14(2,16(20,21)22)29-12-9(17)4-8(5-24-12)10-7-27-11(6-23-10)25-26-13(27)15(18,19)28-3;1-13(2,15(20,21)22)28-11-8(17)3-7(4-24-11)9-6-27-10(5-23-9)25-26-12(27)14(16,18)19;1-12(2,13(15,16)17)23-11-8(14)3-7(4-21-11)9-5-20-10(22-18)6-19-9;5-3(7,8)1(11)13-2(12)4(6,9)10;;;/h4-7H,1-3H3;3-6H,1-2H3;3-6H,18H2,1-2H3,(H,20,22);;3*1H4. The number of aromatic nitrogens is 13. The van der Waals surface area contributed by atoms with Crippen LogP contribution in [-0.2, 0) is 30.6 Å². The minimum Gasteiger partial charge on any atom is -0.460 e. The summed E-state index contributed by atoms with van der Waals surface area (Å²) in [6, 6.07) is 2.60. The van der Waals surface area contributed by atoms with Crippen molar-refractivity contribution in [2.45, 2.75) is 121 Å². The number of nitrogens with two attached hydrogens (primary N) is 1. The molecule has 8 aromatic heterocycles. The lowest BCUT2D eigenvalue weighted by Gasteiger charge is -2.28. The summed E-state index contributed by atoms with van der Waals surface area (Å²) in [5.74, 6) is -7.40. The molecule has 0 aliphatic carbocycles. The van der Waals surface area contributed by atoms with Crippen LogP contribution in [0.3, 0.4) is 0 Å². The SMILES string of the molecule is C.C.C.CC(C)(Oc1ncc(-c2cn3c(C(F)(F)Cl)nnc3cn2)cc1F)C(F)(F)F.CC(C)(Oc1ncc(-c2cnc(NN)cn2)cc1F)C(F)(F)F.COC(F)(F)c1nnc2cnc(-c3cnc(OC(C)(C)C(F)(F)F)c(F)c3)cn12.O=C(OC(=O)C(F)(F)Cl)C(F)(F)Cl. The Morgan fingerprint density at radius 1 is 0.458 bits per heavy atom. The highest BCUT2D eigenvalue weighted by atomic mass is 35.5. The largest absolute Gasteiger partial charge is 0.460 e. The third-order valence-electron chi connectivity index (χ3n) is 11.2. The van der Waals surface area contributed by atoms with Crippen LogP contribution in [0.1, 0.15) is 75.5 Å². The Bertz CT molecular complexity index is 3940. The van der Waals surface area contributed by atoms with Crippen molar-refractivity contribution in [3.8, 4) is 51.4 Å². The molecule has 0 aliphatic heterocycles. The Morgan fingerprint density at radius 3 is 1.06 bits per heavy atom. The van der Waals surface area contributed by atoms with Gasteiger partial charge >= 0.3 is 52.7 Å². The van der Waals surface area contributed by atoms with Crippen molar-refractivity contribution < 1.29 is 121 Å². The van der Waals surface area contributed by atoms with Crippen LogP contribution in [0.15, 0.2) is 74.0 Å². The molecule has 8 aromatic rings. The molecule has 0 atom stereocenters. The highest BCUT2D eigenvalue weighted by Gasteiger charge is 2.53. The number of anilines is 1. The maximum atomic E-state index is 14.3. The summed E-state index contributed by atoms with van der Waals surface area (Å²) in [7, 11) is 0.781. The Labute approximate surface area is 541 Å². The molecule has 0 fully saturated rings. The fourth-order valence-corrected chi connectivity index (χ4v) is 6.16. The molecule has 0 spiro atoms. The second kappa shape index (κ2) is 30.6. The number of rotatable bonds is 15. The Hall–Kier alpha value is -8.64. The van der Waals surface area contributed by atoms with E-state index in [0.29, 0.717) is 5.82 Å². The molecule has 8 heterocycles. The first kappa shape index (κ1) is 83.5. The van der Waals surface area contributed by atoms with E-state index in [1.807, 2.05) is 0 Å². The van der Waals surface area contributed by atoms with Gasteiger partial charge in [-0.1, -0.05) is 22.3 Å². The summed E-state index contributed by atoms with van der Waals surface area (Å²) in [5, 5.41) is 0.737. The number of nitrogen functional groups attached to an aromatic ring is 1. The number of fused-ring (bicyclic) bond motifs is 2. The van der Waals surface area contributed by atoms with Crippen LogP contribution in [0.2, 0.25) is 0 Å². The number of hydrazine groups is 1. The van der Waals surface area contributed by atoms with E-state index in [9.17, 15) is 97.4 Å². The maximum absolute atomic E-state index is 14.3. The van der Waals surface area contributed by atoms with Crippen LogP contribution < -0.4 is 25.5 Å². The number of alkyl halides is 20. The average Bonchev–Trinajstić information content (AvgIpc) is 1.50. The van der Waals surface area contributed by atoms with Crippen LogP contribution in [0.4, 0.5) is 93.6 Å². The number of carbonyl (C=O) groups excluding carboxylic acids is 2. The lowest BCUT2D eigenvalue weighted by Crippen LogP contribution is -2.45. The van der Waals surface area contributed by atoms with Crippen molar-refractivity contribution in [3.63, 3.8) is 0 Å². The van der Waals surface area contributed by atoms with Crippen molar-refractivity contribution in [1.82, 2.24) is 64.1 Å². The van der Waals surface area contributed by atoms with Crippen molar-refractivity contribution in [3.05, 3.63) is 103 Å². The molecule has 0 saturated carbocycles. The van der Waals surface area contributed by atoms with Crippen LogP contribution >= 0.6 is 34.8 Å². The maximum Gasteiger partial charge on any atom is 0.427 e. The van der Waals surface area contributed by atoms with E-state index >= 15 is 0 Å². The first-order valence-electron chi connectivity index (χ1n) is 24.2. The molecule has 0 aromatic carbocycles. The van der Waals surface area contributed by atoms with E-state index in [-0.39, 0.29) is 67.3 Å². The van der Waals surface area contributed by atoms with Crippen molar-refractivity contribution in [2.75, 3.05) is 12.5 Å². The number of hydrogen-bond donors (Lipinski definition) is 2. The molecule has 45 heteroatoms. The van der Waals surface area contributed by atoms with Crippen molar-refractivity contribution >= 4 is 63.9 Å². The van der Waals surface area contributed by atoms with Gasteiger partial charge in [-0.3, -0.25) is 23.8 Å². The van der Waals surface area contributed by atoms with Gasteiger partial charge in [-0.05, 0) is 94.5 Å². The van der Waals surface area contributed by atoms with E-state index < -0.39 is 116 Å². The minimum absolute atomic E-state index is 0. The lowest BCUT2D eigenvalue weighted by atomic mass is 10.1. The lowest BCUT2D eigenvalue weighted by molar-refractivity contribution is -0.237. The number of nitrogens with zero attached hydrogens (tertiary/aromatic N) is 13. The van der Waals surface area contributed by atoms with Crippen LogP contribution in [-0.4, -0.2) is 129 Å². The van der Waals surface area contributed by atoms with Gasteiger partial charge in [-0.25, -0.2) is 48.5 Å². The fraction of sp³-hybridized carbons (Fsp3) is 0.392. The molecular weight excluding hydrogens is 1420 g/mol. The molecule has 0 bridgehead atoms. The second-order valence-corrected chi connectivity index (χ2v) is 20.7. The normalized spacial score (nSPS) is 12.4. The third-order valence-corrected chi connectivity index (χ3v) is 11.7. The Morgan fingerprint density at radius 2 is 0.781 bits per heavy atom. The predicted molar refractivity (Wildman–Crippen MR) is 297 cm³/mol. The molecule has 3 N–H and O–H groups in total. The second-order valence-electron chi connectivity index (χ2n) is 19.2. The van der Waals surface area contributed by atoms with E-state index in [1.165, 1.54) is 12.4 Å². The van der Waals surface area contributed by atoms with Gasteiger partial charge in [-0.2, -0.15) is 74.6 Å². The number of hydrogen-bond acceptors (Lipinski definition) is 20. The summed E-state index contributed by atoms with van der Waals surface area (Å²) in [6.07, 6.45) is -7.84. The van der Waals surface area contributed by atoms with Gasteiger partial charge in [0.1, 0.15) is 0 Å². The monoisotopic (exact) mass is 1470 g/mol. The molecule has 530 valence electrons. The molecule has 0 saturated heterocycles. The first-order chi connectivity index (χ1) is 42.3. The third kappa shape index (κ3) is 20.7. The number of pyridine rings is 3. The van der Waals surface area contributed by atoms with E-state index in [4.69, 9.17) is 17.4 Å². The molecule has 0 radical (unpaired) electrons. The summed E-state index contributed by atoms with van der Waals surface area (Å²) >= 11 is 13.0. The minimum atomic E-state index is -4.76. The number of methoxy groups -OCH3 is 1. The summed E-state index contributed by atoms with van der Waals surface area (Å²) in [5.41, 5.74) is -5.26. The highest BCUT2D eigenvalue weighted by molar-refractivity contribution is 6.34. The summed E-state index contributed by atoms with van der Waals surface area (Å²) < 4.78 is 282. The van der Waals surface area contributed by atoms with Gasteiger partial charge in [0, 0.05) is 54.8 Å². The van der Waals surface area contributed by atoms with Gasteiger partial charge in [0.15, 0.2) is 51.4 Å². The molecular formula is C51H48Cl3F20N15O7. The number of ether oxygens (including phenoxy) is 5. The summed E-state index contributed by atoms with van der Waals surface area (Å²) in [4.78, 5) is 46.4. The molecule has 0 amide bonds. The number of nitrogens with one attached hydrogen (secondary N) is 1. The topological polar surface area (TPSA) is 269 Å². The number of esters is 2. The zero-order chi connectivity index (χ0) is 70.6. The van der Waals surface area contributed by atoms with E-state index in [0.717, 1.165) is 119 Å². The zero-order valence-corrected chi connectivity index (χ0v) is 49.1. The molecule has 8 rings (SSSR count). The fourth-order valence-electron chi connectivity index (χ4n) is 5.96. The van der Waals surface area contributed by atoms with Crippen molar-refractivity contribution in [1.29, 1.82) is 0 Å². The quantitative estimate of drug-likeness (QED) is 0.0241. The Balaban J connectivity index is 0.000000445. The molecule has 0 aliphatic rings. The molecule has 22 nitrogen and oxygen atoms in total. The Kier molecular flexibility index (Phi) is 26.6. The molecule has 0 unspecified atom stereocenters. The zero-order valence-electron chi connectivity index (χ0n) is 46.9. The number of halogens is 23. The number of carbonyl (C=O) groups is 2. The van der Waals surface area contributed by atoms with Crippen molar-refractivity contribution in [2.24, 2.45) is 5.84 Å². The van der Waals surface area contributed by atoms with Gasteiger partial charge in [0.05, 0.1) is 41.9 Å². The van der Waals surface area contributed by atoms with E-state index in [1.54, 1.807) is 0 Å². The van der Waals surface area contributed by atoms with Crippen LogP contribution in [0.25, 0.3) is 45.1 Å². The predicted octanol–water partition coefficient (Wildman–Crippen LogP) is 14.4. The van der Waals surface area contributed by atoms with Gasteiger partial charge < -0.3 is 29.1 Å². The van der Waals surface area contributed by atoms with Gasteiger partial charge in [0.25, 0.3) is 17.6 Å². The highest BCUT2D eigenvalue weighted by Crippen LogP contribution is 2.39. The van der Waals surface area contributed by atoms with Gasteiger partial charge in [0.2, 0.25) is 11.6 Å². The molecule has 96 heavy (non-hydrogen) atoms. The van der Waals surface area contributed by atoms with Gasteiger partial charge in [-0.15, -0.1) is 20.4 Å². The van der Waals surface area contributed by atoms with E-state index in [2.05, 4.69) is 108 Å². The van der Waals surface area contributed by atoms with Crippen LogP contribution in [0.5, 0.6) is 17.6 Å². The smallest absolute Gasteiger partial charge is 0.427 e. The van der Waals surface area contributed by atoms with Crippen LogP contribution in [0, 0.1) is 17.5 Å². The first-order valence-corrected chi connectivity index (χ1v) is 25.3. The summed E-state index contributed by atoms with van der Waals surface area (Å²) in [6.45, 7) is 4.45. The average molecular weight is 1470 g/mol.